The van der Waals surface area contributed by atoms with Crippen molar-refractivity contribution in [3.8, 4) is 16.9 Å². The molecule has 0 radical (unpaired) electrons. The molecule has 1 amide bonds. The Kier molecular flexibility index (Phi) is 5.37. The first-order valence-corrected chi connectivity index (χ1v) is 13.6. The number of amides is 1. The van der Waals surface area contributed by atoms with E-state index >= 15 is 4.39 Å². The van der Waals surface area contributed by atoms with E-state index in [1.807, 2.05) is 11.0 Å². The van der Waals surface area contributed by atoms with Gasteiger partial charge in [-0.25, -0.2) is 23.4 Å². The highest BCUT2D eigenvalue weighted by molar-refractivity contribution is 7.10. The molecule has 11 heteroatoms. The lowest BCUT2D eigenvalue weighted by Crippen LogP contribution is -2.38. The number of hydrogen-bond acceptors (Lipinski definition) is 6. The Morgan fingerprint density at radius 2 is 2.00 bits per heavy atom. The summed E-state index contributed by atoms with van der Waals surface area (Å²) in [6.45, 7) is 2.70. The van der Waals surface area contributed by atoms with Gasteiger partial charge in [0.2, 0.25) is 0 Å². The van der Waals surface area contributed by atoms with E-state index in [4.69, 9.17) is 5.11 Å². The molecule has 1 aliphatic carbocycles. The predicted octanol–water partition coefficient (Wildman–Crippen LogP) is 5.12. The van der Waals surface area contributed by atoms with Gasteiger partial charge in [0, 0.05) is 46.9 Å². The molecule has 1 saturated carbocycles. The fourth-order valence-electron chi connectivity index (χ4n) is 5.27. The highest BCUT2D eigenvalue weighted by Crippen LogP contribution is 2.41. The summed E-state index contributed by atoms with van der Waals surface area (Å²) in [7, 11) is 0. The summed E-state index contributed by atoms with van der Waals surface area (Å²) in [5, 5.41) is 19.9. The number of nitrogens with zero attached hydrogens (tertiary/aromatic N) is 6. The van der Waals surface area contributed by atoms with E-state index in [0.29, 0.717) is 29.3 Å². The first-order chi connectivity index (χ1) is 18.9. The molecule has 4 aromatic heterocycles. The van der Waals surface area contributed by atoms with Crippen molar-refractivity contribution in [3.05, 3.63) is 87.4 Å². The second kappa shape index (κ2) is 8.84. The number of carboxylic acid groups (broad SMARTS) is 1. The average Bonchev–Trinajstić information content (AvgIpc) is 3.31. The molecule has 0 bridgehead atoms. The zero-order chi connectivity index (χ0) is 26.8. The second-order valence-corrected chi connectivity index (χ2v) is 11.0. The van der Waals surface area contributed by atoms with Crippen LogP contribution >= 0.6 is 11.3 Å². The number of thiophene rings is 1. The summed E-state index contributed by atoms with van der Waals surface area (Å²) < 4.78 is 18.3. The summed E-state index contributed by atoms with van der Waals surface area (Å²) in [5.41, 5.74) is 4.07. The van der Waals surface area contributed by atoms with E-state index in [1.54, 1.807) is 34.1 Å². The lowest BCUT2D eigenvalue weighted by Gasteiger charge is -2.33. The first-order valence-electron chi connectivity index (χ1n) is 12.7. The average molecular weight is 543 g/mol. The van der Waals surface area contributed by atoms with Gasteiger partial charge < -0.3 is 10.0 Å². The van der Waals surface area contributed by atoms with Gasteiger partial charge in [-0.05, 0) is 61.4 Å². The number of carbonyl (C=O) groups is 2. The van der Waals surface area contributed by atoms with E-state index in [1.165, 1.54) is 33.6 Å². The van der Waals surface area contributed by atoms with Crippen LogP contribution in [0.3, 0.4) is 0 Å². The van der Waals surface area contributed by atoms with Gasteiger partial charge in [0.15, 0.2) is 5.65 Å². The van der Waals surface area contributed by atoms with Crippen LogP contribution in [0, 0.1) is 5.82 Å². The summed E-state index contributed by atoms with van der Waals surface area (Å²) in [6.07, 6.45) is 5.39. The molecular formula is C28H23FN6O3S. The van der Waals surface area contributed by atoms with E-state index < -0.39 is 11.8 Å². The molecule has 0 saturated heterocycles. The number of hydrogen-bond donors (Lipinski definition) is 1. The molecule has 1 N–H and O–H groups in total. The van der Waals surface area contributed by atoms with Crippen LogP contribution in [0.2, 0.25) is 0 Å². The number of benzene rings is 1. The Balaban J connectivity index is 1.24. The van der Waals surface area contributed by atoms with E-state index in [2.05, 4.69) is 33.6 Å². The van der Waals surface area contributed by atoms with Crippen LogP contribution in [0.4, 0.5) is 4.39 Å². The van der Waals surface area contributed by atoms with Crippen molar-refractivity contribution in [1.29, 1.82) is 0 Å². The number of aromatic nitrogens is 5. The third-order valence-corrected chi connectivity index (χ3v) is 8.53. The minimum Gasteiger partial charge on any atom is -0.478 e. The van der Waals surface area contributed by atoms with Crippen LogP contribution < -0.4 is 0 Å². The molecule has 1 fully saturated rings. The van der Waals surface area contributed by atoms with E-state index in [9.17, 15) is 9.59 Å². The highest BCUT2D eigenvalue weighted by Gasteiger charge is 2.33. The molecule has 7 rings (SSSR count). The number of carbonyl (C=O) groups excluding carboxylic acids is 1. The molecule has 9 nitrogen and oxygen atoms in total. The van der Waals surface area contributed by atoms with Crippen molar-refractivity contribution in [1.82, 2.24) is 29.3 Å². The van der Waals surface area contributed by atoms with Crippen molar-refractivity contribution in [2.45, 2.75) is 38.1 Å². The number of carboxylic acids is 1. The molecule has 5 heterocycles. The zero-order valence-corrected chi connectivity index (χ0v) is 21.7. The van der Waals surface area contributed by atoms with Crippen LogP contribution in [0.1, 0.15) is 68.7 Å². The normalized spacial score (nSPS) is 17.0. The summed E-state index contributed by atoms with van der Waals surface area (Å²) >= 11 is 1.73. The Hall–Kier alpha value is -4.38. The van der Waals surface area contributed by atoms with Crippen molar-refractivity contribution >= 4 is 28.9 Å². The van der Waals surface area contributed by atoms with Gasteiger partial charge in [-0.1, -0.05) is 0 Å². The van der Waals surface area contributed by atoms with Gasteiger partial charge in [-0.2, -0.15) is 10.2 Å². The van der Waals surface area contributed by atoms with Gasteiger partial charge >= 0.3 is 5.97 Å². The summed E-state index contributed by atoms with van der Waals surface area (Å²) in [5.74, 6) is -1.46. The maximum absolute atomic E-state index is 15.3. The molecule has 1 atom stereocenters. The molecule has 39 heavy (non-hydrogen) atoms. The van der Waals surface area contributed by atoms with E-state index in [0.717, 1.165) is 25.0 Å². The Labute approximate surface area is 226 Å². The number of rotatable bonds is 5. The van der Waals surface area contributed by atoms with Crippen molar-refractivity contribution in [2.75, 3.05) is 6.54 Å². The third-order valence-electron chi connectivity index (χ3n) is 7.53. The Morgan fingerprint density at radius 3 is 2.74 bits per heavy atom. The van der Waals surface area contributed by atoms with Gasteiger partial charge in [-0.15, -0.1) is 11.3 Å². The van der Waals surface area contributed by atoms with Crippen molar-refractivity contribution < 1.29 is 19.1 Å². The summed E-state index contributed by atoms with van der Waals surface area (Å²) in [6, 6.07) is 10.1. The van der Waals surface area contributed by atoms with Gasteiger partial charge in [0.1, 0.15) is 11.5 Å². The quantitative estimate of drug-likeness (QED) is 0.331. The van der Waals surface area contributed by atoms with Gasteiger partial charge in [-0.3, -0.25) is 4.79 Å². The molecule has 5 aromatic rings. The fourth-order valence-corrected chi connectivity index (χ4v) is 6.23. The predicted molar refractivity (Wildman–Crippen MR) is 142 cm³/mol. The Morgan fingerprint density at radius 1 is 1.15 bits per heavy atom. The number of aromatic carboxylic acids is 1. The van der Waals surface area contributed by atoms with Crippen molar-refractivity contribution in [3.63, 3.8) is 0 Å². The maximum Gasteiger partial charge on any atom is 0.338 e. The lowest BCUT2D eigenvalue weighted by molar-refractivity contribution is 0.0670. The van der Waals surface area contributed by atoms with Gasteiger partial charge in [0.25, 0.3) is 5.91 Å². The molecule has 196 valence electrons. The molecule has 1 unspecified atom stereocenters. The molecule has 1 aliphatic heterocycles. The van der Waals surface area contributed by atoms with Crippen LogP contribution in [0.25, 0.3) is 22.6 Å². The molecule has 2 aliphatic rings. The smallest absolute Gasteiger partial charge is 0.338 e. The first kappa shape index (κ1) is 23.7. The summed E-state index contributed by atoms with van der Waals surface area (Å²) in [4.78, 5) is 32.7. The van der Waals surface area contributed by atoms with Crippen LogP contribution in [0.5, 0.6) is 0 Å². The SMILES string of the molecule is CC1c2ccsc2CCN1C(=O)c1cc(C2CC2)n2nc(-c3ccc(-n4cc(C(=O)O)cn4)cc3F)cc2n1. The lowest BCUT2D eigenvalue weighted by atomic mass is 10.0. The molecular weight excluding hydrogens is 519 g/mol. The van der Waals surface area contributed by atoms with Crippen LogP contribution in [0.15, 0.2) is 54.2 Å². The molecule has 0 spiro atoms. The Bertz CT molecular complexity index is 1780. The number of fused-ring (bicyclic) bond motifs is 2. The number of halogens is 1. The zero-order valence-electron chi connectivity index (χ0n) is 20.9. The van der Waals surface area contributed by atoms with Crippen molar-refractivity contribution in [2.24, 2.45) is 0 Å². The van der Waals surface area contributed by atoms with E-state index in [-0.39, 0.29) is 29.0 Å². The second-order valence-electron chi connectivity index (χ2n) is 10.0. The maximum atomic E-state index is 15.3. The topological polar surface area (TPSA) is 106 Å². The van der Waals surface area contributed by atoms with Gasteiger partial charge in [0.05, 0.1) is 29.2 Å². The third kappa shape index (κ3) is 4.00. The highest BCUT2D eigenvalue weighted by atomic mass is 32.1. The largest absolute Gasteiger partial charge is 0.478 e. The minimum atomic E-state index is -1.11. The standard InChI is InChI=1S/C28H23FN6O3S/c1-15-19-7-9-39-25(19)6-8-33(15)27(36)23-11-24(16-2-3-16)35-26(31-23)12-22(32-35)20-5-4-18(10-21(20)29)34-14-17(13-30-34)28(37)38/h4-5,7,9-16H,2-3,6,8H2,1H3,(H,37,38). The van der Waals surface area contributed by atoms with Crippen LogP contribution in [-0.4, -0.2) is 52.8 Å². The fraction of sp³-hybridized carbons (Fsp3) is 0.250. The minimum absolute atomic E-state index is 0.0126. The van der Waals surface area contributed by atoms with Crippen LogP contribution in [-0.2, 0) is 6.42 Å². The monoisotopic (exact) mass is 542 g/mol. The molecule has 1 aromatic carbocycles.